The van der Waals surface area contributed by atoms with E-state index < -0.39 is 0 Å². The van der Waals surface area contributed by atoms with Crippen molar-refractivity contribution in [3.05, 3.63) is 130 Å². The lowest BCUT2D eigenvalue weighted by Gasteiger charge is -2.05. The molecule has 2 aromatic heterocycles. The molecule has 0 spiro atoms. The minimum absolute atomic E-state index is 0.0665. The molecule has 4 nitrogen and oxygen atoms in total. The topological polar surface area (TPSA) is 66.6 Å². The molecule has 0 amide bonds. The number of hydrogen-bond donors (Lipinski definition) is 0. The van der Waals surface area contributed by atoms with Crippen LogP contribution >= 0.6 is 0 Å². The van der Waals surface area contributed by atoms with Crippen LogP contribution in [-0.4, -0.2) is 15.8 Å². The third-order valence-electron chi connectivity index (χ3n) is 5.87. The molecule has 1 aliphatic carbocycles. The Balaban J connectivity index is 0.000000161. The summed E-state index contributed by atoms with van der Waals surface area (Å²) in [6.45, 7) is 2.01. The summed E-state index contributed by atoms with van der Waals surface area (Å²) in [7, 11) is 0. The number of aryl methyl sites for hydroxylation is 5. The Morgan fingerprint density at radius 1 is 0.912 bits per heavy atom. The number of ketones is 1. The Morgan fingerprint density at radius 3 is 2.44 bits per heavy atom. The van der Waals surface area contributed by atoms with Crippen molar-refractivity contribution >= 4 is 5.78 Å². The molecular weight excluding hydrogens is 425 g/mol. The number of carbonyl (C=O) groups is 1. The molecule has 0 saturated carbocycles. The molecule has 2 aromatic carbocycles. The van der Waals surface area contributed by atoms with Gasteiger partial charge in [0, 0.05) is 18.0 Å². The van der Waals surface area contributed by atoms with E-state index in [0.29, 0.717) is 11.4 Å². The summed E-state index contributed by atoms with van der Waals surface area (Å²) >= 11 is 0. The average molecular weight is 450 g/mol. The third-order valence-corrected chi connectivity index (χ3v) is 5.87. The first-order chi connectivity index (χ1) is 16.5. The Hall–Kier alpha value is -4.17. The zero-order valence-corrected chi connectivity index (χ0v) is 19.0. The maximum absolute atomic E-state index is 12.7. The van der Waals surface area contributed by atoms with E-state index in [-0.39, 0.29) is 11.6 Å². The van der Waals surface area contributed by atoms with Crippen molar-refractivity contribution in [2.45, 2.75) is 32.6 Å². The lowest BCUT2D eigenvalue weighted by molar-refractivity contribution is 0.103. The number of nitrogens with zero attached hydrogens (tertiary/aromatic N) is 3. The number of pyridine rings is 2. The summed E-state index contributed by atoms with van der Waals surface area (Å²) in [4.78, 5) is 20.7. The van der Waals surface area contributed by atoms with E-state index in [1.54, 1.807) is 24.5 Å². The van der Waals surface area contributed by atoms with Gasteiger partial charge in [0.15, 0.2) is 0 Å². The number of carbonyl (C=O) groups excluding carboxylic acids is 1. The number of nitriles is 1. The Labute approximate surface area is 198 Å². The van der Waals surface area contributed by atoms with Crippen LogP contribution in [0.15, 0.2) is 79.1 Å². The molecular formula is C29H24FN3O. The molecule has 0 radical (unpaired) electrons. The molecule has 2 heterocycles. The summed E-state index contributed by atoms with van der Waals surface area (Å²) in [6.07, 6.45) is 6.63. The molecule has 4 aromatic rings. The van der Waals surface area contributed by atoms with Gasteiger partial charge in [-0.2, -0.15) is 5.26 Å². The zero-order valence-electron chi connectivity index (χ0n) is 19.0. The highest BCUT2D eigenvalue weighted by atomic mass is 19.1. The molecule has 0 N–H and O–H groups in total. The van der Waals surface area contributed by atoms with Gasteiger partial charge in [0.1, 0.15) is 23.3 Å². The van der Waals surface area contributed by atoms with Gasteiger partial charge >= 0.3 is 0 Å². The van der Waals surface area contributed by atoms with E-state index in [4.69, 9.17) is 5.26 Å². The van der Waals surface area contributed by atoms with Crippen LogP contribution < -0.4 is 0 Å². The number of fused-ring (bicyclic) bond motifs is 2. The van der Waals surface area contributed by atoms with E-state index in [2.05, 4.69) is 28.2 Å². The van der Waals surface area contributed by atoms with Crippen molar-refractivity contribution in [3.8, 4) is 6.07 Å². The highest BCUT2D eigenvalue weighted by molar-refractivity contribution is 6.10. The van der Waals surface area contributed by atoms with E-state index in [1.165, 1.54) is 12.1 Å². The molecule has 5 heteroatoms. The van der Waals surface area contributed by atoms with Gasteiger partial charge < -0.3 is 0 Å². The predicted octanol–water partition coefficient (Wildman–Crippen LogP) is 5.60. The third kappa shape index (κ3) is 5.41. The van der Waals surface area contributed by atoms with Gasteiger partial charge in [0.25, 0.3) is 0 Å². The second-order valence-corrected chi connectivity index (χ2v) is 8.25. The largest absolute Gasteiger partial charge is 0.287 e. The van der Waals surface area contributed by atoms with Crippen molar-refractivity contribution < 1.29 is 9.18 Å². The first-order valence-electron chi connectivity index (χ1n) is 11.2. The second-order valence-electron chi connectivity index (χ2n) is 8.25. The molecule has 0 atom stereocenters. The van der Waals surface area contributed by atoms with Gasteiger partial charge in [-0.05, 0) is 85.2 Å². The summed E-state index contributed by atoms with van der Waals surface area (Å²) in [5.74, 6) is -0.162. The number of aromatic nitrogens is 2. The first-order valence-corrected chi connectivity index (χ1v) is 11.2. The number of halogens is 1. The fraction of sp³-hybridized carbons (Fsp3) is 0.172. The van der Waals surface area contributed by atoms with Crippen molar-refractivity contribution in [1.29, 1.82) is 5.26 Å². The molecule has 0 bridgehead atoms. The highest BCUT2D eigenvalue weighted by Gasteiger charge is 2.21. The van der Waals surface area contributed by atoms with Crippen LogP contribution in [-0.2, 0) is 25.7 Å². The molecule has 1 aliphatic rings. The van der Waals surface area contributed by atoms with Crippen LogP contribution in [0.25, 0.3) is 0 Å². The number of hydrogen-bond acceptors (Lipinski definition) is 4. The van der Waals surface area contributed by atoms with Crippen molar-refractivity contribution in [2.24, 2.45) is 0 Å². The zero-order chi connectivity index (χ0) is 23.9. The summed E-state index contributed by atoms with van der Waals surface area (Å²) in [6, 6.07) is 22.2. The standard InChI is InChI=1S/C15H13NO.C14H11FN2/c1-10-4-5-11-6-7-12-3-2-8-16-14(12)15(17)13(11)9-10;15-13-7-4-11(5-8-13)3-6-12-2-1-9-17-14(12)10-16/h2-5,8-9H,6-7H2,1H3;1-2,4-5,7-9H,3,6H2. The lowest BCUT2D eigenvalue weighted by atomic mass is 9.99. The SMILES string of the molecule is Cc1ccc2c(c1)C(=O)c1ncccc1CC2.N#Cc1ncccc1CCc1ccc(F)cc1. The average Bonchev–Trinajstić information content (AvgIpc) is 3.01. The second kappa shape index (κ2) is 10.6. The maximum Gasteiger partial charge on any atom is 0.211 e. The molecule has 0 fully saturated rings. The van der Waals surface area contributed by atoms with Crippen LogP contribution in [0.5, 0.6) is 0 Å². The Morgan fingerprint density at radius 2 is 1.65 bits per heavy atom. The van der Waals surface area contributed by atoms with Crippen LogP contribution in [0.1, 0.15) is 49.6 Å². The predicted molar refractivity (Wildman–Crippen MR) is 129 cm³/mol. The number of rotatable bonds is 3. The van der Waals surface area contributed by atoms with Gasteiger partial charge in [-0.25, -0.2) is 9.37 Å². The molecule has 5 rings (SSSR count). The van der Waals surface area contributed by atoms with Crippen LogP contribution in [0.4, 0.5) is 4.39 Å². The Bertz CT molecular complexity index is 1360. The quantitative estimate of drug-likeness (QED) is 0.408. The van der Waals surface area contributed by atoms with Crippen LogP contribution in [0, 0.1) is 24.1 Å². The molecule has 168 valence electrons. The van der Waals surface area contributed by atoms with Gasteiger partial charge in [-0.15, -0.1) is 0 Å². The fourth-order valence-electron chi connectivity index (χ4n) is 4.03. The summed E-state index contributed by atoms with van der Waals surface area (Å²) in [5, 5.41) is 8.89. The van der Waals surface area contributed by atoms with E-state index in [0.717, 1.165) is 59.1 Å². The van der Waals surface area contributed by atoms with E-state index >= 15 is 0 Å². The van der Waals surface area contributed by atoms with E-state index in [1.807, 2.05) is 37.3 Å². The normalized spacial score (nSPS) is 11.9. The highest BCUT2D eigenvalue weighted by Crippen LogP contribution is 2.23. The summed E-state index contributed by atoms with van der Waals surface area (Å²) in [5.41, 5.74) is 7.22. The molecule has 34 heavy (non-hydrogen) atoms. The van der Waals surface area contributed by atoms with Gasteiger partial charge in [-0.3, -0.25) is 9.78 Å². The number of benzene rings is 2. The molecule has 0 unspecified atom stereocenters. The van der Waals surface area contributed by atoms with Crippen molar-refractivity contribution in [2.75, 3.05) is 0 Å². The first kappa shape index (κ1) is 23.0. The van der Waals surface area contributed by atoms with Crippen LogP contribution in [0.2, 0.25) is 0 Å². The minimum atomic E-state index is -0.229. The minimum Gasteiger partial charge on any atom is -0.287 e. The van der Waals surface area contributed by atoms with Gasteiger partial charge in [-0.1, -0.05) is 42.0 Å². The maximum atomic E-state index is 12.7. The summed E-state index contributed by atoms with van der Waals surface area (Å²) < 4.78 is 12.7. The van der Waals surface area contributed by atoms with Gasteiger partial charge in [0.05, 0.1) is 0 Å². The lowest BCUT2D eigenvalue weighted by Crippen LogP contribution is -2.06. The fourth-order valence-corrected chi connectivity index (χ4v) is 4.03. The van der Waals surface area contributed by atoms with E-state index in [9.17, 15) is 9.18 Å². The van der Waals surface area contributed by atoms with Crippen LogP contribution in [0.3, 0.4) is 0 Å². The monoisotopic (exact) mass is 449 g/mol. The van der Waals surface area contributed by atoms with Crippen molar-refractivity contribution in [1.82, 2.24) is 9.97 Å². The molecule has 0 saturated heterocycles. The van der Waals surface area contributed by atoms with Gasteiger partial charge in [0.2, 0.25) is 5.78 Å². The Kier molecular flexibility index (Phi) is 7.19. The van der Waals surface area contributed by atoms with Crippen molar-refractivity contribution in [3.63, 3.8) is 0 Å². The molecule has 0 aliphatic heterocycles. The smallest absolute Gasteiger partial charge is 0.211 e.